The lowest BCUT2D eigenvalue weighted by Crippen LogP contribution is -2.51. The summed E-state index contributed by atoms with van der Waals surface area (Å²) in [6.07, 6.45) is 0. The third kappa shape index (κ3) is 1.51. The smallest absolute Gasteiger partial charge is 0.00269 e. The topological polar surface area (TPSA) is 3.24 Å². The predicted octanol–water partition coefficient (Wildman–Crippen LogP) is 1.98. The monoisotopic (exact) mass is 141 g/mol. The van der Waals surface area contributed by atoms with Crippen molar-refractivity contribution in [3.8, 4) is 0 Å². The Bertz CT molecular complexity index is 106. The Balaban J connectivity index is 2.26. The van der Waals surface area contributed by atoms with Crippen LogP contribution in [0, 0.1) is 11.3 Å². The van der Waals surface area contributed by atoms with Crippen LogP contribution in [0.2, 0.25) is 0 Å². The molecule has 1 nitrogen and oxygen atoms in total. The van der Waals surface area contributed by atoms with E-state index in [1.165, 1.54) is 19.6 Å². The quantitative estimate of drug-likeness (QED) is 0.540. The van der Waals surface area contributed by atoms with Gasteiger partial charge in [-0.15, -0.1) is 0 Å². The predicted molar refractivity (Wildman–Crippen MR) is 45.1 cm³/mol. The van der Waals surface area contributed by atoms with Crippen molar-refractivity contribution < 1.29 is 0 Å². The molecule has 0 aromatic rings. The van der Waals surface area contributed by atoms with Gasteiger partial charge in [-0.2, -0.15) is 0 Å². The van der Waals surface area contributed by atoms with E-state index in [-0.39, 0.29) is 0 Å². The Morgan fingerprint density at radius 2 is 1.80 bits per heavy atom. The molecule has 1 saturated heterocycles. The van der Waals surface area contributed by atoms with Crippen LogP contribution < -0.4 is 0 Å². The molecular formula is C9H19N. The van der Waals surface area contributed by atoms with E-state index >= 15 is 0 Å². The summed E-state index contributed by atoms with van der Waals surface area (Å²) >= 11 is 0. The summed E-state index contributed by atoms with van der Waals surface area (Å²) in [5.41, 5.74) is 0.533. The highest BCUT2D eigenvalue weighted by Crippen LogP contribution is 2.32. The number of rotatable bonds is 1. The molecule has 60 valence electrons. The molecule has 0 radical (unpaired) electrons. The zero-order valence-electron chi connectivity index (χ0n) is 7.65. The van der Waals surface area contributed by atoms with Gasteiger partial charge in [-0.1, -0.05) is 27.7 Å². The number of hydrogen-bond acceptors (Lipinski definition) is 1. The summed E-state index contributed by atoms with van der Waals surface area (Å²) in [4.78, 5) is 2.50. The maximum Gasteiger partial charge on any atom is 0.00269 e. The molecule has 0 amide bonds. The fraction of sp³-hybridized carbons (Fsp3) is 1.00. The molecule has 0 saturated carbocycles. The average molecular weight is 141 g/mol. The molecule has 1 fully saturated rings. The van der Waals surface area contributed by atoms with Crippen molar-refractivity contribution in [2.24, 2.45) is 11.3 Å². The van der Waals surface area contributed by atoms with Crippen LogP contribution in [0.4, 0.5) is 0 Å². The van der Waals surface area contributed by atoms with Gasteiger partial charge in [0.1, 0.15) is 0 Å². The van der Waals surface area contributed by atoms with E-state index in [4.69, 9.17) is 0 Å². The lowest BCUT2D eigenvalue weighted by atomic mass is 9.76. The molecule has 1 heteroatoms. The van der Waals surface area contributed by atoms with Crippen LogP contribution in [0.15, 0.2) is 0 Å². The average Bonchev–Trinajstić information content (AvgIpc) is 1.57. The first-order chi connectivity index (χ1) is 4.54. The lowest BCUT2D eigenvalue weighted by molar-refractivity contribution is 0.0292. The van der Waals surface area contributed by atoms with Gasteiger partial charge >= 0.3 is 0 Å². The summed E-state index contributed by atoms with van der Waals surface area (Å²) in [5.74, 6) is 0.937. The minimum atomic E-state index is 0.533. The van der Waals surface area contributed by atoms with Gasteiger partial charge in [-0.3, -0.25) is 0 Å². The van der Waals surface area contributed by atoms with Crippen LogP contribution in [0.3, 0.4) is 0 Å². The Kier molecular flexibility index (Phi) is 2.04. The first-order valence-corrected chi connectivity index (χ1v) is 4.26. The molecule has 0 bridgehead atoms. The first kappa shape index (κ1) is 8.06. The van der Waals surface area contributed by atoms with E-state index in [1.54, 1.807) is 0 Å². The van der Waals surface area contributed by atoms with E-state index in [1.807, 2.05) is 0 Å². The Labute approximate surface area is 64.4 Å². The van der Waals surface area contributed by atoms with Crippen molar-refractivity contribution in [2.45, 2.75) is 27.7 Å². The third-order valence-corrected chi connectivity index (χ3v) is 2.63. The standard InChI is InChI=1S/C9H19N/c1-5-10-6-8(7-10)9(2,3)4/h8H,5-7H2,1-4H3. The van der Waals surface area contributed by atoms with Crippen molar-refractivity contribution in [1.82, 2.24) is 4.90 Å². The maximum absolute atomic E-state index is 2.50. The van der Waals surface area contributed by atoms with E-state index in [0.717, 1.165) is 5.92 Å². The molecule has 1 aliphatic rings. The number of nitrogens with zero attached hydrogens (tertiary/aromatic N) is 1. The molecule has 0 atom stereocenters. The highest BCUT2D eigenvalue weighted by atomic mass is 15.2. The fourth-order valence-electron chi connectivity index (χ4n) is 1.38. The van der Waals surface area contributed by atoms with Gasteiger partial charge in [0.25, 0.3) is 0 Å². The molecule has 0 aliphatic carbocycles. The highest BCUT2D eigenvalue weighted by Gasteiger charge is 2.34. The lowest BCUT2D eigenvalue weighted by Gasteiger charge is -2.46. The summed E-state index contributed by atoms with van der Waals surface area (Å²) in [5, 5.41) is 0. The maximum atomic E-state index is 2.50. The molecule has 0 N–H and O–H groups in total. The van der Waals surface area contributed by atoms with Crippen molar-refractivity contribution in [1.29, 1.82) is 0 Å². The van der Waals surface area contributed by atoms with E-state index in [0.29, 0.717) is 5.41 Å². The van der Waals surface area contributed by atoms with Crippen molar-refractivity contribution in [2.75, 3.05) is 19.6 Å². The van der Waals surface area contributed by atoms with Gasteiger partial charge in [0.15, 0.2) is 0 Å². The second-order valence-electron chi connectivity index (χ2n) is 4.42. The van der Waals surface area contributed by atoms with Gasteiger partial charge in [0, 0.05) is 13.1 Å². The zero-order chi connectivity index (χ0) is 7.78. The van der Waals surface area contributed by atoms with Gasteiger partial charge in [0.2, 0.25) is 0 Å². The molecule has 0 aromatic heterocycles. The Morgan fingerprint density at radius 1 is 1.30 bits per heavy atom. The molecule has 1 aliphatic heterocycles. The van der Waals surface area contributed by atoms with Gasteiger partial charge in [-0.05, 0) is 17.9 Å². The summed E-state index contributed by atoms with van der Waals surface area (Å²) in [7, 11) is 0. The molecular weight excluding hydrogens is 122 g/mol. The summed E-state index contributed by atoms with van der Waals surface area (Å²) in [6.45, 7) is 13.1. The number of hydrogen-bond donors (Lipinski definition) is 0. The van der Waals surface area contributed by atoms with Crippen molar-refractivity contribution >= 4 is 0 Å². The number of likely N-dealkylation sites (tertiary alicyclic amines) is 1. The van der Waals surface area contributed by atoms with Crippen molar-refractivity contribution in [3.05, 3.63) is 0 Å². The molecule has 0 aromatic carbocycles. The van der Waals surface area contributed by atoms with E-state index in [2.05, 4.69) is 32.6 Å². The SMILES string of the molecule is CCN1CC(C(C)(C)C)C1. The van der Waals surface area contributed by atoms with Crippen molar-refractivity contribution in [3.63, 3.8) is 0 Å². The molecule has 1 rings (SSSR count). The second-order valence-corrected chi connectivity index (χ2v) is 4.42. The summed E-state index contributed by atoms with van der Waals surface area (Å²) in [6, 6.07) is 0. The van der Waals surface area contributed by atoms with Crippen LogP contribution in [0.5, 0.6) is 0 Å². The van der Waals surface area contributed by atoms with Crippen LogP contribution in [0.1, 0.15) is 27.7 Å². The molecule has 10 heavy (non-hydrogen) atoms. The van der Waals surface area contributed by atoms with E-state index < -0.39 is 0 Å². The second kappa shape index (κ2) is 2.54. The summed E-state index contributed by atoms with van der Waals surface area (Å²) < 4.78 is 0. The van der Waals surface area contributed by atoms with Crippen LogP contribution >= 0.6 is 0 Å². The van der Waals surface area contributed by atoms with Crippen LogP contribution in [-0.2, 0) is 0 Å². The van der Waals surface area contributed by atoms with E-state index in [9.17, 15) is 0 Å². The molecule has 0 spiro atoms. The third-order valence-electron chi connectivity index (χ3n) is 2.63. The molecule has 1 heterocycles. The molecule has 0 unspecified atom stereocenters. The minimum absolute atomic E-state index is 0.533. The van der Waals surface area contributed by atoms with Crippen LogP contribution in [0.25, 0.3) is 0 Å². The fourth-order valence-corrected chi connectivity index (χ4v) is 1.38. The Morgan fingerprint density at radius 3 is 2.10 bits per heavy atom. The van der Waals surface area contributed by atoms with Crippen LogP contribution in [-0.4, -0.2) is 24.5 Å². The Hall–Kier alpha value is -0.0400. The van der Waals surface area contributed by atoms with Gasteiger partial charge in [-0.25, -0.2) is 0 Å². The van der Waals surface area contributed by atoms with Gasteiger partial charge < -0.3 is 4.90 Å². The normalized spacial score (nSPS) is 22.8. The largest absolute Gasteiger partial charge is 0.303 e. The minimum Gasteiger partial charge on any atom is -0.303 e. The zero-order valence-corrected chi connectivity index (χ0v) is 7.65. The highest BCUT2D eigenvalue weighted by molar-refractivity contribution is 4.86. The first-order valence-electron chi connectivity index (χ1n) is 4.26. The van der Waals surface area contributed by atoms with Gasteiger partial charge in [0.05, 0.1) is 0 Å².